The lowest BCUT2D eigenvalue weighted by Gasteiger charge is -2.18. The van der Waals surface area contributed by atoms with E-state index in [1.54, 1.807) is 24.3 Å². The summed E-state index contributed by atoms with van der Waals surface area (Å²) in [5.74, 6) is -1.54. The Morgan fingerprint density at radius 3 is 2.62 bits per heavy atom. The molecule has 2 aromatic rings. The summed E-state index contributed by atoms with van der Waals surface area (Å²) in [6.45, 7) is 0. The van der Waals surface area contributed by atoms with Crippen molar-refractivity contribution in [1.82, 2.24) is 5.32 Å². The predicted octanol–water partition coefficient (Wildman–Crippen LogP) is 3.23. The van der Waals surface area contributed by atoms with E-state index in [0.29, 0.717) is 5.56 Å². The molecular formula is C16H14BrFN4O4. The number of carbonyl (C=O) groups is 2. The third kappa shape index (κ3) is 5.24. The number of carbonyl (C=O) groups excluding carboxylic acids is 2. The maximum absolute atomic E-state index is 13.4. The number of rotatable bonds is 6. The number of nitrogens with zero attached hydrogens (tertiary/aromatic N) is 1. The molecule has 0 saturated carbocycles. The Kier molecular flexibility index (Phi) is 6.23. The van der Waals surface area contributed by atoms with Crippen LogP contribution < -0.4 is 16.4 Å². The molecule has 0 aliphatic rings. The van der Waals surface area contributed by atoms with E-state index in [0.717, 1.165) is 16.6 Å². The van der Waals surface area contributed by atoms with Crippen molar-refractivity contribution in [1.29, 1.82) is 0 Å². The average molecular weight is 425 g/mol. The van der Waals surface area contributed by atoms with Crippen LogP contribution in [0.1, 0.15) is 18.0 Å². The second kappa shape index (κ2) is 8.39. The van der Waals surface area contributed by atoms with Crippen LogP contribution in [0.3, 0.4) is 0 Å². The molecule has 8 nitrogen and oxygen atoms in total. The Morgan fingerprint density at radius 1 is 1.27 bits per heavy atom. The monoisotopic (exact) mass is 424 g/mol. The predicted molar refractivity (Wildman–Crippen MR) is 95.9 cm³/mol. The van der Waals surface area contributed by atoms with Gasteiger partial charge < -0.3 is 16.4 Å². The highest BCUT2D eigenvalue weighted by molar-refractivity contribution is 9.10. The first-order valence-corrected chi connectivity index (χ1v) is 8.11. The Hall–Kier alpha value is -3.01. The van der Waals surface area contributed by atoms with Gasteiger partial charge in [-0.05, 0) is 29.8 Å². The van der Waals surface area contributed by atoms with Gasteiger partial charge in [-0.2, -0.15) is 4.39 Å². The van der Waals surface area contributed by atoms with Crippen molar-refractivity contribution < 1.29 is 18.9 Å². The fourth-order valence-corrected chi connectivity index (χ4v) is 2.69. The van der Waals surface area contributed by atoms with Crippen LogP contribution in [0.4, 0.5) is 20.6 Å². The standard InChI is InChI=1S/C16H14BrFN4O4/c17-10-3-1-2-9(6-10)13(21-16(19)24)8-15(23)20-11-4-5-12(18)14(7-11)22(25)26/h1-7,13H,8H2,(H,20,23)(H3,19,21,24). The first-order valence-electron chi connectivity index (χ1n) is 7.31. The molecule has 4 N–H and O–H groups in total. The number of nitro groups is 1. The number of anilines is 1. The highest BCUT2D eigenvalue weighted by Gasteiger charge is 2.19. The zero-order chi connectivity index (χ0) is 19.3. The zero-order valence-electron chi connectivity index (χ0n) is 13.2. The molecule has 136 valence electrons. The van der Waals surface area contributed by atoms with E-state index in [4.69, 9.17) is 5.73 Å². The lowest BCUT2D eigenvalue weighted by Crippen LogP contribution is -2.35. The molecule has 2 aromatic carbocycles. The molecule has 2 rings (SSSR count). The van der Waals surface area contributed by atoms with Gasteiger partial charge in [-0.25, -0.2) is 4.79 Å². The van der Waals surface area contributed by atoms with Crippen LogP contribution in [0.2, 0.25) is 0 Å². The third-order valence-corrected chi connectivity index (χ3v) is 3.88. The van der Waals surface area contributed by atoms with E-state index in [1.807, 2.05) is 0 Å². The molecule has 0 fully saturated rings. The molecular weight excluding hydrogens is 411 g/mol. The van der Waals surface area contributed by atoms with Crippen LogP contribution in [0, 0.1) is 15.9 Å². The van der Waals surface area contributed by atoms with Crippen molar-refractivity contribution in [3.63, 3.8) is 0 Å². The van der Waals surface area contributed by atoms with Crippen molar-refractivity contribution >= 4 is 39.2 Å². The van der Waals surface area contributed by atoms with Crippen molar-refractivity contribution in [3.8, 4) is 0 Å². The van der Waals surface area contributed by atoms with E-state index in [2.05, 4.69) is 26.6 Å². The number of amides is 3. The fraction of sp³-hybridized carbons (Fsp3) is 0.125. The Morgan fingerprint density at radius 2 is 2.00 bits per heavy atom. The molecule has 1 atom stereocenters. The van der Waals surface area contributed by atoms with Crippen molar-refractivity contribution in [2.45, 2.75) is 12.5 Å². The molecule has 26 heavy (non-hydrogen) atoms. The van der Waals surface area contributed by atoms with E-state index >= 15 is 0 Å². The summed E-state index contributed by atoms with van der Waals surface area (Å²) >= 11 is 3.30. The normalized spacial score (nSPS) is 11.5. The number of hydrogen-bond donors (Lipinski definition) is 3. The summed E-state index contributed by atoms with van der Waals surface area (Å²) in [6.07, 6.45) is -0.176. The summed E-state index contributed by atoms with van der Waals surface area (Å²) in [4.78, 5) is 33.3. The molecule has 0 saturated heterocycles. The smallest absolute Gasteiger partial charge is 0.312 e. The first kappa shape index (κ1) is 19.3. The number of benzene rings is 2. The third-order valence-electron chi connectivity index (χ3n) is 3.38. The summed E-state index contributed by atoms with van der Waals surface area (Å²) in [7, 11) is 0. The molecule has 0 aromatic heterocycles. The maximum atomic E-state index is 13.4. The lowest BCUT2D eigenvalue weighted by molar-refractivity contribution is -0.387. The minimum Gasteiger partial charge on any atom is -0.352 e. The minimum absolute atomic E-state index is 0.0650. The molecule has 0 aliphatic carbocycles. The van der Waals surface area contributed by atoms with Crippen molar-refractivity contribution in [3.05, 3.63) is 68.4 Å². The van der Waals surface area contributed by atoms with Gasteiger partial charge in [0.2, 0.25) is 11.7 Å². The summed E-state index contributed by atoms with van der Waals surface area (Å²) in [5.41, 5.74) is 5.11. The largest absolute Gasteiger partial charge is 0.352 e. The minimum atomic E-state index is -1.00. The Balaban J connectivity index is 2.16. The number of nitrogens with two attached hydrogens (primary N) is 1. The number of nitrogens with one attached hydrogen (secondary N) is 2. The van der Waals surface area contributed by atoms with Gasteiger partial charge in [-0.15, -0.1) is 0 Å². The molecule has 0 bridgehead atoms. The summed E-state index contributed by atoms with van der Waals surface area (Å²) in [6, 6.07) is 8.44. The lowest BCUT2D eigenvalue weighted by atomic mass is 10.0. The molecule has 3 amide bonds. The van der Waals surface area contributed by atoms with Gasteiger partial charge in [0.25, 0.3) is 0 Å². The van der Waals surface area contributed by atoms with Crippen LogP contribution in [0.25, 0.3) is 0 Å². The average Bonchev–Trinajstić information content (AvgIpc) is 2.55. The van der Waals surface area contributed by atoms with E-state index in [-0.39, 0.29) is 12.1 Å². The molecule has 0 spiro atoms. The number of hydrogen-bond acceptors (Lipinski definition) is 4. The fourth-order valence-electron chi connectivity index (χ4n) is 2.28. The van der Waals surface area contributed by atoms with Crippen LogP contribution in [-0.4, -0.2) is 16.9 Å². The number of urea groups is 1. The van der Waals surface area contributed by atoms with E-state index in [1.165, 1.54) is 6.07 Å². The highest BCUT2D eigenvalue weighted by atomic mass is 79.9. The molecule has 10 heteroatoms. The summed E-state index contributed by atoms with van der Waals surface area (Å²) in [5, 5.41) is 15.7. The second-order valence-electron chi connectivity index (χ2n) is 5.29. The maximum Gasteiger partial charge on any atom is 0.312 e. The van der Waals surface area contributed by atoms with E-state index < -0.39 is 34.4 Å². The SMILES string of the molecule is NC(=O)NC(CC(=O)Nc1ccc(F)c([N+](=O)[O-])c1)c1cccc(Br)c1. The molecule has 0 heterocycles. The number of nitro benzene ring substituents is 1. The quantitative estimate of drug-likeness (QED) is 0.485. The molecule has 0 aliphatic heterocycles. The van der Waals surface area contributed by atoms with Gasteiger partial charge in [0.15, 0.2) is 0 Å². The topological polar surface area (TPSA) is 127 Å². The van der Waals surface area contributed by atoms with Crippen molar-refractivity contribution in [2.75, 3.05) is 5.32 Å². The van der Waals surface area contributed by atoms with Crippen LogP contribution >= 0.6 is 15.9 Å². The molecule has 0 radical (unpaired) electrons. The molecule has 1 unspecified atom stereocenters. The van der Waals surface area contributed by atoms with Crippen molar-refractivity contribution in [2.24, 2.45) is 5.73 Å². The van der Waals surface area contributed by atoms with Gasteiger partial charge in [0.05, 0.1) is 17.4 Å². The highest BCUT2D eigenvalue weighted by Crippen LogP contribution is 2.24. The zero-order valence-corrected chi connectivity index (χ0v) is 14.8. The van der Waals surface area contributed by atoms with Crippen LogP contribution in [0.5, 0.6) is 0 Å². The van der Waals surface area contributed by atoms with E-state index in [9.17, 15) is 24.1 Å². The number of primary amides is 1. The van der Waals surface area contributed by atoms with Gasteiger partial charge >= 0.3 is 11.7 Å². The first-order chi connectivity index (χ1) is 12.3. The summed E-state index contributed by atoms with van der Waals surface area (Å²) < 4.78 is 14.1. The van der Waals surface area contributed by atoms with Gasteiger partial charge in [0.1, 0.15) is 0 Å². The number of halogens is 2. The van der Waals surface area contributed by atoms with Gasteiger partial charge in [-0.1, -0.05) is 28.1 Å². The second-order valence-corrected chi connectivity index (χ2v) is 6.21. The van der Waals surface area contributed by atoms with Gasteiger partial charge in [0, 0.05) is 16.2 Å². The van der Waals surface area contributed by atoms with Crippen LogP contribution in [0.15, 0.2) is 46.9 Å². The van der Waals surface area contributed by atoms with Gasteiger partial charge in [-0.3, -0.25) is 14.9 Å². The Labute approximate surface area is 155 Å². The Bertz CT molecular complexity index is 862. The van der Waals surface area contributed by atoms with Crippen LogP contribution in [-0.2, 0) is 4.79 Å².